The highest BCUT2D eigenvalue weighted by Crippen LogP contribution is 2.32. The maximum atomic E-state index is 12.0. The van der Waals surface area contributed by atoms with Crippen molar-refractivity contribution in [3.63, 3.8) is 0 Å². The van der Waals surface area contributed by atoms with Crippen molar-refractivity contribution in [1.82, 2.24) is 9.97 Å². The summed E-state index contributed by atoms with van der Waals surface area (Å²) in [4.78, 5) is 23.6. The van der Waals surface area contributed by atoms with Crippen LogP contribution in [-0.2, 0) is 9.53 Å². The standard InChI is InChI=1S/C23H24N4O2/c28-23(13-16-1-2-16)25-19-6-3-17(4-7-19)18-5-8-20-21(14-18)26-22(15-24-20)27-9-11-29-12-10-27/h3-8,14-16H,1-2,9-13H2,(H,25,28). The van der Waals surface area contributed by atoms with E-state index in [4.69, 9.17) is 9.72 Å². The van der Waals surface area contributed by atoms with E-state index >= 15 is 0 Å². The highest BCUT2D eigenvalue weighted by atomic mass is 16.5. The summed E-state index contributed by atoms with van der Waals surface area (Å²) in [5, 5.41) is 2.99. The van der Waals surface area contributed by atoms with Gasteiger partial charge in [-0.3, -0.25) is 9.78 Å². The average molecular weight is 388 g/mol. The zero-order valence-electron chi connectivity index (χ0n) is 16.3. The fourth-order valence-electron chi connectivity index (χ4n) is 3.67. The van der Waals surface area contributed by atoms with Crippen LogP contribution in [0.2, 0.25) is 0 Å². The van der Waals surface area contributed by atoms with Crippen molar-refractivity contribution in [2.75, 3.05) is 36.5 Å². The van der Waals surface area contributed by atoms with Gasteiger partial charge < -0.3 is 15.0 Å². The Kier molecular flexibility index (Phi) is 4.86. The van der Waals surface area contributed by atoms with Crippen LogP contribution >= 0.6 is 0 Å². The number of carbonyl (C=O) groups is 1. The van der Waals surface area contributed by atoms with E-state index < -0.39 is 0 Å². The van der Waals surface area contributed by atoms with Crippen molar-refractivity contribution >= 4 is 28.4 Å². The van der Waals surface area contributed by atoms with Crippen molar-refractivity contribution in [3.8, 4) is 11.1 Å². The quantitative estimate of drug-likeness (QED) is 0.719. The van der Waals surface area contributed by atoms with Crippen LogP contribution in [0.5, 0.6) is 0 Å². The second kappa shape index (κ2) is 7.79. The number of nitrogens with one attached hydrogen (secondary N) is 1. The van der Waals surface area contributed by atoms with Gasteiger partial charge in [-0.1, -0.05) is 18.2 Å². The van der Waals surface area contributed by atoms with Gasteiger partial charge in [-0.25, -0.2) is 4.98 Å². The van der Waals surface area contributed by atoms with E-state index in [0.29, 0.717) is 12.3 Å². The third-order valence-corrected chi connectivity index (χ3v) is 5.54. The summed E-state index contributed by atoms with van der Waals surface area (Å²) >= 11 is 0. The molecule has 0 unspecified atom stereocenters. The van der Waals surface area contributed by atoms with Gasteiger partial charge in [-0.2, -0.15) is 0 Å². The minimum Gasteiger partial charge on any atom is -0.378 e. The predicted octanol–water partition coefficient (Wildman–Crippen LogP) is 3.87. The van der Waals surface area contributed by atoms with Crippen molar-refractivity contribution in [2.45, 2.75) is 19.3 Å². The lowest BCUT2D eigenvalue weighted by Gasteiger charge is -2.27. The van der Waals surface area contributed by atoms with E-state index in [-0.39, 0.29) is 5.91 Å². The number of fused-ring (bicyclic) bond motifs is 1. The molecule has 148 valence electrons. The van der Waals surface area contributed by atoms with E-state index in [9.17, 15) is 4.79 Å². The third kappa shape index (κ3) is 4.22. The fourth-order valence-corrected chi connectivity index (χ4v) is 3.67. The Bertz CT molecular complexity index is 1020. The summed E-state index contributed by atoms with van der Waals surface area (Å²) in [6.07, 6.45) is 4.85. The molecular formula is C23H24N4O2. The van der Waals surface area contributed by atoms with Gasteiger partial charge in [0, 0.05) is 25.2 Å². The number of carbonyl (C=O) groups excluding carboxylic acids is 1. The van der Waals surface area contributed by atoms with Gasteiger partial charge in [-0.15, -0.1) is 0 Å². The van der Waals surface area contributed by atoms with Crippen LogP contribution in [0.3, 0.4) is 0 Å². The second-order valence-electron chi connectivity index (χ2n) is 7.80. The maximum Gasteiger partial charge on any atom is 0.224 e. The van der Waals surface area contributed by atoms with Crippen LogP contribution in [0.1, 0.15) is 19.3 Å². The molecule has 2 fully saturated rings. The predicted molar refractivity (Wildman–Crippen MR) is 114 cm³/mol. The number of rotatable bonds is 5. The van der Waals surface area contributed by atoms with Gasteiger partial charge in [0.05, 0.1) is 30.4 Å². The summed E-state index contributed by atoms with van der Waals surface area (Å²) < 4.78 is 5.42. The molecule has 5 rings (SSSR count). The number of nitrogens with zero attached hydrogens (tertiary/aromatic N) is 3. The van der Waals surface area contributed by atoms with E-state index in [1.807, 2.05) is 36.5 Å². The smallest absolute Gasteiger partial charge is 0.224 e. The lowest BCUT2D eigenvalue weighted by molar-refractivity contribution is -0.116. The molecule has 0 spiro atoms. The first-order valence-electron chi connectivity index (χ1n) is 10.2. The van der Waals surface area contributed by atoms with Gasteiger partial charge in [-0.05, 0) is 54.2 Å². The first kappa shape index (κ1) is 18.1. The zero-order valence-corrected chi connectivity index (χ0v) is 16.3. The van der Waals surface area contributed by atoms with Crippen LogP contribution in [-0.4, -0.2) is 42.2 Å². The van der Waals surface area contributed by atoms with E-state index in [2.05, 4.69) is 27.3 Å². The summed E-state index contributed by atoms with van der Waals surface area (Å²) in [7, 11) is 0. The van der Waals surface area contributed by atoms with Gasteiger partial charge in [0.1, 0.15) is 5.82 Å². The Labute approximate surface area is 169 Å². The molecule has 2 heterocycles. The number of anilines is 2. The van der Waals surface area contributed by atoms with Crippen molar-refractivity contribution in [1.29, 1.82) is 0 Å². The molecule has 1 N–H and O–H groups in total. The Balaban J connectivity index is 1.35. The van der Waals surface area contributed by atoms with Crippen LogP contribution in [0.4, 0.5) is 11.5 Å². The average Bonchev–Trinajstić information content (AvgIpc) is 3.58. The monoisotopic (exact) mass is 388 g/mol. The molecular weight excluding hydrogens is 364 g/mol. The minimum absolute atomic E-state index is 0.108. The molecule has 0 radical (unpaired) electrons. The topological polar surface area (TPSA) is 67.4 Å². The first-order chi connectivity index (χ1) is 14.2. The highest BCUT2D eigenvalue weighted by Gasteiger charge is 2.24. The summed E-state index contributed by atoms with van der Waals surface area (Å²) in [5.41, 5.74) is 4.78. The molecule has 1 saturated carbocycles. The third-order valence-electron chi connectivity index (χ3n) is 5.54. The van der Waals surface area contributed by atoms with Crippen molar-refractivity contribution in [3.05, 3.63) is 48.7 Å². The van der Waals surface area contributed by atoms with Crippen molar-refractivity contribution in [2.24, 2.45) is 5.92 Å². The molecule has 1 aromatic heterocycles. The maximum absolute atomic E-state index is 12.0. The number of morpholine rings is 1. The highest BCUT2D eigenvalue weighted by molar-refractivity contribution is 5.91. The summed E-state index contributed by atoms with van der Waals surface area (Å²) in [6.45, 7) is 3.13. The number of hydrogen-bond acceptors (Lipinski definition) is 5. The SMILES string of the molecule is O=C(CC1CC1)Nc1ccc(-c2ccc3ncc(N4CCOCC4)nc3c2)cc1. The van der Waals surface area contributed by atoms with E-state index in [1.54, 1.807) is 0 Å². The van der Waals surface area contributed by atoms with Gasteiger partial charge in [0.2, 0.25) is 5.91 Å². The molecule has 0 bridgehead atoms. The number of amides is 1. The Morgan fingerprint density at radius 1 is 1.03 bits per heavy atom. The normalized spacial score (nSPS) is 16.8. The van der Waals surface area contributed by atoms with Crippen LogP contribution in [0, 0.1) is 5.92 Å². The molecule has 2 aromatic carbocycles. The molecule has 6 heteroatoms. The molecule has 3 aromatic rings. The number of ether oxygens (including phenoxy) is 1. The summed E-state index contributed by atoms with van der Waals surface area (Å²) in [5.74, 6) is 1.60. The van der Waals surface area contributed by atoms with Gasteiger partial charge >= 0.3 is 0 Å². The lowest BCUT2D eigenvalue weighted by Crippen LogP contribution is -2.36. The molecule has 1 saturated heterocycles. The Morgan fingerprint density at radius 2 is 1.79 bits per heavy atom. The van der Waals surface area contributed by atoms with Crippen LogP contribution in [0.15, 0.2) is 48.7 Å². The number of hydrogen-bond donors (Lipinski definition) is 1. The van der Waals surface area contributed by atoms with Crippen LogP contribution < -0.4 is 10.2 Å². The molecule has 6 nitrogen and oxygen atoms in total. The summed E-state index contributed by atoms with van der Waals surface area (Å²) in [6, 6.07) is 14.1. The Hall–Kier alpha value is -2.99. The van der Waals surface area contributed by atoms with Gasteiger partial charge in [0.25, 0.3) is 0 Å². The fraction of sp³-hybridized carbons (Fsp3) is 0.348. The lowest BCUT2D eigenvalue weighted by atomic mass is 10.0. The molecule has 2 aliphatic rings. The number of aromatic nitrogens is 2. The van der Waals surface area contributed by atoms with Crippen LogP contribution in [0.25, 0.3) is 22.2 Å². The molecule has 1 aliphatic heterocycles. The molecule has 0 atom stereocenters. The van der Waals surface area contributed by atoms with Gasteiger partial charge in [0.15, 0.2) is 0 Å². The molecule has 1 amide bonds. The van der Waals surface area contributed by atoms with E-state index in [1.165, 1.54) is 12.8 Å². The minimum atomic E-state index is 0.108. The number of benzene rings is 2. The molecule has 29 heavy (non-hydrogen) atoms. The van der Waals surface area contributed by atoms with E-state index in [0.717, 1.165) is 60.0 Å². The first-order valence-corrected chi connectivity index (χ1v) is 10.2. The zero-order chi connectivity index (χ0) is 19.6. The largest absolute Gasteiger partial charge is 0.378 e. The van der Waals surface area contributed by atoms with Crippen molar-refractivity contribution < 1.29 is 9.53 Å². The molecule has 1 aliphatic carbocycles. The Morgan fingerprint density at radius 3 is 2.55 bits per heavy atom. The second-order valence-corrected chi connectivity index (χ2v) is 7.80.